The summed E-state index contributed by atoms with van der Waals surface area (Å²) in [6, 6.07) is 3.59. The SMILES string of the molecule is CCCc1ccc2[nH]c(CCl)nc2c1[N+](=O)[O-]. The van der Waals surface area contributed by atoms with Gasteiger partial charge < -0.3 is 4.98 Å². The molecule has 6 heteroatoms. The van der Waals surface area contributed by atoms with Gasteiger partial charge in [-0.15, -0.1) is 11.6 Å². The standard InChI is InChI=1S/C11H12ClN3O2/c1-2-3-7-4-5-8-10(11(7)15(16)17)14-9(6-12)13-8/h4-5H,2-3,6H2,1H3,(H,13,14). The maximum Gasteiger partial charge on any atom is 0.300 e. The van der Waals surface area contributed by atoms with E-state index in [1.54, 1.807) is 6.07 Å². The molecule has 0 spiro atoms. The van der Waals surface area contributed by atoms with Crippen molar-refractivity contribution in [3.8, 4) is 0 Å². The second-order valence-electron chi connectivity index (χ2n) is 3.79. The van der Waals surface area contributed by atoms with Gasteiger partial charge in [0.15, 0.2) is 5.52 Å². The lowest BCUT2D eigenvalue weighted by Crippen LogP contribution is -1.96. The fraction of sp³-hybridized carbons (Fsp3) is 0.364. The van der Waals surface area contributed by atoms with Gasteiger partial charge in [0.1, 0.15) is 5.82 Å². The molecule has 1 aromatic carbocycles. The Labute approximate surface area is 103 Å². The summed E-state index contributed by atoms with van der Waals surface area (Å²) in [6.07, 6.45) is 1.54. The average Bonchev–Trinajstić information content (AvgIpc) is 2.71. The van der Waals surface area contributed by atoms with Crippen LogP contribution >= 0.6 is 11.6 Å². The molecule has 0 bridgehead atoms. The third-order valence-corrected chi connectivity index (χ3v) is 2.84. The number of nitrogens with one attached hydrogen (secondary N) is 1. The van der Waals surface area contributed by atoms with Crippen LogP contribution in [-0.4, -0.2) is 14.9 Å². The summed E-state index contributed by atoms with van der Waals surface area (Å²) >= 11 is 5.67. The van der Waals surface area contributed by atoms with Crippen LogP contribution in [0.2, 0.25) is 0 Å². The summed E-state index contributed by atoms with van der Waals surface area (Å²) in [7, 11) is 0. The lowest BCUT2D eigenvalue weighted by atomic mass is 10.1. The number of aromatic amines is 1. The van der Waals surface area contributed by atoms with Crippen molar-refractivity contribution in [3.05, 3.63) is 33.6 Å². The quantitative estimate of drug-likeness (QED) is 0.517. The van der Waals surface area contributed by atoms with Crippen LogP contribution in [-0.2, 0) is 12.3 Å². The summed E-state index contributed by atoms with van der Waals surface area (Å²) < 4.78 is 0. The number of aromatic nitrogens is 2. The average molecular weight is 254 g/mol. The predicted molar refractivity (Wildman–Crippen MR) is 66.3 cm³/mol. The fourth-order valence-corrected chi connectivity index (χ4v) is 2.02. The van der Waals surface area contributed by atoms with Gasteiger partial charge in [-0.2, -0.15) is 0 Å². The molecule has 1 N–H and O–H groups in total. The summed E-state index contributed by atoms with van der Waals surface area (Å²) in [5.41, 5.74) is 1.87. The number of hydrogen-bond donors (Lipinski definition) is 1. The summed E-state index contributed by atoms with van der Waals surface area (Å²) in [4.78, 5) is 17.9. The maximum absolute atomic E-state index is 11.1. The lowest BCUT2D eigenvalue weighted by molar-refractivity contribution is -0.383. The molecule has 0 atom stereocenters. The first-order valence-electron chi connectivity index (χ1n) is 5.38. The molecular formula is C11H12ClN3O2. The molecule has 0 saturated heterocycles. The van der Waals surface area contributed by atoms with Gasteiger partial charge >= 0.3 is 0 Å². The van der Waals surface area contributed by atoms with Gasteiger partial charge in [-0.1, -0.05) is 13.3 Å². The number of nitro groups is 1. The highest BCUT2D eigenvalue weighted by atomic mass is 35.5. The molecule has 1 aromatic heterocycles. The van der Waals surface area contributed by atoms with Crippen LogP contribution in [0.4, 0.5) is 5.69 Å². The van der Waals surface area contributed by atoms with Crippen molar-refractivity contribution in [1.82, 2.24) is 9.97 Å². The number of benzene rings is 1. The van der Waals surface area contributed by atoms with Crippen LogP contribution in [0, 0.1) is 10.1 Å². The first-order valence-corrected chi connectivity index (χ1v) is 5.91. The van der Waals surface area contributed by atoms with E-state index in [1.165, 1.54) is 0 Å². The Balaban J connectivity index is 2.69. The zero-order chi connectivity index (χ0) is 12.4. The van der Waals surface area contributed by atoms with Gasteiger partial charge in [-0.05, 0) is 18.6 Å². The van der Waals surface area contributed by atoms with E-state index in [0.29, 0.717) is 23.3 Å². The van der Waals surface area contributed by atoms with E-state index < -0.39 is 0 Å². The van der Waals surface area contributed by atoms with Gasteiger partial charge in [-0.25, -0.2) is 4.98 Å². The number of imidazole rings is 1. The van der Waals surface area contributed by atoms with E-state index in [0.717, 1.165) is 12.0 Å². The monoisotopic (exact) mass is 253 g/mol. The minimum absolute atomic E-state index is 0.0944. The van der Waals surface area contributed by atoms with E-state index in [1.807, 2.05) is 13.0 Å². The third-order valence-electron chi connectivity index (χ3n) is 2.59. The van der Waals surface area contributed by atoms with Crippen molar-refractivity contribution < 1.29 is 4.92 Å². The molecule has 2 aromatic rings. The number of alkyl halides is 1. The Morgan fingerprint density at radius 3 is 2.88 bits per heavy atom. The Kier molecular flexibility index (Phi) is 3.28. The van der Waals surface area contributed by atoms with Crippen LogP contribution < -0.4 is 0 Å². The number of hydrogen-bond acceptors (Lipinski definition) is 3. The normalized spacial score (nSPS) is 10.9. The van der Waals surface area contributed by atoms with Crippen LogP contribution in [0.15, 0.2) is 12.1 Å². The molecule has 90 valence electrons. The number of rotatable bonds is 4. The maximum atomic E-state index is 11.1. The molecule has 0 fully saturated rings. The molecule has 0 aliphatic carbocycles. The predicted octanol–water partition coefficient (Wildman–Crippen LogP) is 3.16. The molecule has 0 unspecified atom stereocenters. The van der Waals surface area contributed by atoms with Crippen LogP contribution in [0.3, 0.4) is 0 Å². The molecule has 0 radical (unpaired) electrons. The fourth-order valence-electron chi connectivity index (χ4n) is 1.89. The van der Waals surface area contributed by atoms with E-state index in [-0.39, 0.29) is 16.5 Å². The van der Waals surface area contributed by atoms with Crippen molar-refractivity contribution in [3.63, 3.8) is 0 Å². The Morgan fingerprint density at radius 2 is 2.29 bits per heavy atom. The summed E-state index contributed by atoms with van der Waals surface area (Å²) in [5.74, 6) is 0.771. The second-order valence-corrected chi connectivity index (χ2v) is 4.06. The van der Waals surface area contributed by atoms with Crippen LogP contribution in [0.25, 0.3) is 11.0 Å². The van der Waals surface area contributed by atoms with Crippen molar-refractivity contribution >= 4 is 28.3 Å². The minimum Gasteiger partial charge on any atom is -0.341 e. The number of nitrogens with zero attached hydrogens (tertiary/aromatic N) is 2. The summed E-state index contributed by atoms with van der Waals surface area (Å²) in [5, 5.41) is 11.1. The summed E-state index contributed by atoms with van der Waals surface area (Å²) in [6.45, 7) is 1.99. The molecule has 5 nitrogen and oxygen atoms in total. The highest BCUT2D eigenvalue weighted by Gasteiger charge is 2.20. The Morgan fingerprint density at radius 1 is 1.53 bits per heavy atom. The van der Waals surface area contributed by atoms with Crippen LogP contribution in [0.5, 0.6) is 0 Å². The zero-order valence-corrected chi connectivity index (χ0v) is 10.1. The van der Waals surface area contributed by atoms with E-state index in [2.05, 4.69) is 9.97 Å². The van der Waals surface area contributed by atoms with E-state index in [4.69, 9.17) is 11.6 Å². The minimum atomic E-state index is -0.369. The third kappa shape index (κ3) is 2.10. The van der Waals surface area contributed by atoms with E-state index >= 15 is 0 Å². The molecule has 17 heavy (non-hydrogen) atoms. The van der Waals surface area contributed by atoms with Gasteiger partial charge in [-0.3, -0.25) is 10.1 Å². The smallest absolute Gasteiger partial charge is 0.300 e. The van der Waals surface area contributed by atoms with Gasteiger partial charge in [0.2, 0.25) is 0 Å². The molecule has 0 aliphatic heterocycles. The van der Waals surface area contributed by atoms with Crippen molar-refractivity contribution in [2.75, 3.05) is 0 Å². The molecule has 0 amide bonds. The molecule has 2 rings (SSSR count). The number of aryl methyl sites for hydroxylation is 1. The topological polar surface area (TPSA) is 71.8 Å². The van der Waals surface area contributed by atoms with Gasteiger partial charge in [0.05, 0.1) is 16.3 Å². The number of halogens is 1. The molecule has 0 aliphatic rings. The highest BCUT2D eigenvalue weighted by molar-refractivity contribution is 6.16. The highest BCUT2D eigenvalue weighted by Crippen LogP contribution is 2.29. The van der Waals surface area contributed by atoms with Crippen molar-refractivity contribution in [2.45, 2.75) is 25.6 Å². The first-order chi connectivity index (χ1) is 8.17. The van der Waals surface area contributed by atoms with Gasteiger partial charge in [0, 0.05) is 5.56 Å². The zero-order valence-electron chi connectivity index (χ0n) is 9.36. The molecular weight excluding hydrogens is 242 g/mol. The number of fused-ring (bicyclic) bond motifs is 1. The Bertz CT molecular complexity index is 565. The molecule has 0 saturated carbocycles. The van der Waals surface area contributed by atoms with Crippen molar-refractivity contribution in [2.24, 2.45) is 0 Å². The number of nitro benzene ring substituents is 1. The number of H-pyrrole nitrogens is 1. The van der Waals surface area contributed by atoms with E-state index in [9.17, 15) is 10.1 Å². The molecule has 1 heterocycles. The van der Waals surface area contributed by atoms with Crippen molar-refractivity contribution in [1.29, 1.82) is 0 Å². The Hall–Kier alpha value is -1.62. The second kappa shape index (κ2) is 4.71. The lowest BCUT2D eigenvalue weighted by Gasteiger charge is -2.01. The first kappa shape index (κ1) is 11.9. The van der Waals surface area contributed by atoms with Crippen LogP contribution in [0.1, 0.15) is 24.7 Å². The largest absolute Gasteiger partial charge is 0.341 e. The van der Waals surface area contributed by atoms with Gasteiger partial charge in [0.25, 0.3) is 5.69 Å².